The minimum absolute atomic E-state index is 0.0384. The van der Waals surface area contributed by atoms with Crippen molar-refractivity contribution < 1.29 is 27.5 Å². The van der Waals surface area contributed by atoms with Crippen LogP contribution < -0.4 is 19.1 Å². The normalized spacial score (nSPS) is 14.2. The molecule has 0 radical (unpaired) electrons. The third-order valence-electron chi connectivity index (χ3n) is 7.56. The molecule has 42 heavy (non-hydrogen) atoms. The topological polar surface area (TPSA) is 105 Å². The number of benzene rings is 3. The zero-order chi connectivity index (χ0) is 30.1. The molecule has 4 rings (SSSR count). The molecule has 10 heteroatoms. The number of rotatable bonds is 13. The van der Waals surface area contributed by atoms with Crippen molar-refractivity contribution in [3.05, 3.63) is 84.4 Å². The number of carbonyl (C=O) groups excluding carboxylic acids is 2. The van der Waals surface area contributed by atoms with Crippen LogP contribution in [-0.2, 0) is 26.2 Å². The molecule has 0 saturated heterocycles. The fourth-order valence-corrected chi connectivity index (χ4v) is 6.73. The highest BCUT2D eigenvalue weighted by Crippen LogP contribution is 2.32. The van der Waals surface area contributed by atoms with Crippen molar-refractivity contribution in [1.29, 1.82) is 0 Å². The molecular formula is C32H39N3O6S. The largest absolute Gasteiger partial charge is 0.497 e. The summed E-state index contributed by atoms with van der Waals surface area (Å²) in [5.74, 6) is 0.224. The lowest BCUT2D eigenvalue weighted by atomic mass is 10.1. The molecule has 9 nitrogen and oxygen atoms in total. The average molecular weight is 594 g/mol. The number of ether oxygens (including phenoxy) is 2. The maximum atomic E-state index is 14.2. The second-order valence-corrected chi connectivity index (χ2v) is 12.1. The molecule has 224 valence electrons. The summed E-state index contributed by atoms with van der Waals surface area (Å²) in [6.07, 6.45) is 4.29. The molecule has 3 aromatic rings. The first-order valence-corrected chi connectivity index (χ1v) is 15.7. The molecule has 0 bridgehead atoms. The number of carbonyl (C=O) groups is 2. The van der Waals surface area contributed by atoms with Gasteiger partial charge in [-0.25, -0.2) is 8.42 Å². The Morgan fingerprint density at radius 1 is 0.905 bits per heavy atom. The van der Waals surface area contributed by atoms with Gasteiger partial charge in [0, 0.05) is 12.6 Å². The van der Waals surface area contributed by atoms with Gasteiger partial charge in [-0.05, 0) is 61.2 Å². The van der Waals surface area contributed by atoms with Crippen LogP contribution >= 0.6 is 0 Å². The fraction of sp³-hybridized carbons (Fsp3) is 0.375. The van der Waals surface area contributed by atoms with Gasteiger partial charge in [0.2, 0.25) is 11.8 Å². The van der Waals surface area contributed by atoms with Crippen molar-refractivity contribution in [1.82, 2.24) is 10.2 Å². The predicted octanol–water partition coefficient (Wildman–Crippen LogP) is 4.77. The van der Waals surface area contributed by atoms with E-state index < -0.39 is 28.5 Å². The van der Waals surface area contributed by atoms with Crippen LogP contribution in [-0.4, -0.2) is 58.0 Å². The summed E-state index contributed by atoms with van der Waals surface area (Å²) >= 11 is 0. The molecule has 1 saturated carbocycles. The number of amides is 2. The molecule has 0 spiro atoms. The number of sulfonamides is 1. The Kier molecular flexibility index (Phi) is 10.5. The molecule has 1 N–H and O–H groups in total. The Labute approximate surface area is 248 Å². The second kappa shape index (κ2) is 14.2. The third kappa shape index (κ3) is 7.23. The minimum Gasteiger partial charge on any atom is -0.497 e. The van der Waals surface area contributed by atoms with Crippen LogP contribution in [0, 0.1) is 0 Å². The van der Waals surface area contributed by atoms with E-state index in [0.717, 1.165) is 35.6 Å². The first-order chi connectivity index (χ1) is 20.3. The minimum atomic E-state index is -4.18. The smallest absolute Gasteiger partial charge is 0.264 e. The van der Waals surface area contributed by atoms with Crippen molar-refractivity contribution in [3.8, 4) is 11.5 Å². The van der Waals surface area contributed by atoms with Gasteiger partial charge in [0.15, 0.2) is 0 Å². The SMILES string of the molecule is CC[C@H](C(=O)NC1CCCC1)N(Cc1ccc(OC)cc1)C(=O)CN(c1ccccc1OC)S(=O)(=O)c1ccccc1. The molecule has 0 aromatic heterocycles. The maximum absolute atomic E-state index is 14.2. The molecule has 1 fully saturated rings. The molecule has 1 atom stereocenters. The van der Waals surface area contributed by atoms with Gasteiger partial charge in [0.25, 0.3) is 10.0 Å². The third-order valence-corrected chi connectivity index (χ3v) is 9.34. The summed E-state index contributed by atoms with van der Waals surface area (Å²) in [7, 11) is -1.16. The Hall–Kier alpha value is -4.05. The van der Waals surface area contributed by atoms with E-state index in [1.807, 2.05) is 19.1 Å². The monoisotopic (exact) mass is 593 g/mol. The lowest BCUT2D eigenvalue weighted by Crippen LogP contribution is -2.53. The van der Waals surface area contributed by atoms with Gasteiger partial charge in [-0.1, -0.05) is 62.2 Å². The summed E-state index contributed by atoms with van der Waals surface area (Å²) in [5.41, 5.74) is 1.01. The van der Waals surface area contributed by atoms with E-state index >= 15 is 0 Å². The van der Waals surface area contributed by atoms with Crippen molar-refractivity contribution in [2.24, 2.45) is 0 Å². The highest BCUT2D eigenvalue weighted by atomic mass is 32.2. The van der Waals surface area contributed by atoms with Crippen molar-refractivity contribution in [2.45, 2.75) is 62.6 Å². The molecule has 3 aromatic carbocycles. The van der Waals surface area contributed by atoms with E-state index in [0.29, 0.717) is 17.9 Å². The van der Waals surface area contributed by atoms with Crippen LogP contribution in [0.3, 0.4) is 0 Å². The highest BCUT2D eigenvalue weighted by Gasteiger charge is 2.35. The van der Waals surface area contributed by atoms with Gasteiger partial charge in [0.05, 0.1) is 24.8 Å². The zero-order valence-electron chi connectivity index (χ0n) is 24.4. The number of hydrogen-bond acceptors (Lipinski definition) is 6. The number of anilines is 1. The van der Waals surface area contributed by atoms with Crippen LogP contribution in [0.4, 0.5) is 5.69 Å². The second-order valence-electron chi connectivity index (χ2n) is 10.3. The molecular weight excluding hydrogens is 554 g/mol. The first-order valence-electron chi connectivity index (χ1n) is 14.2. The number of nitrogens with zero attached hydrogens (tertiary/aromatic N) is 2. The van der Waals surface area contributed by atoms with Crippen LogP contribution in [0.1, 0.15) is 44.6 Å². The Morgan fingerprint density at radius 2 is 1.55 bits per heavy atom. The maximum Gasteiger partial charge on any atom is 0.264 e. The van der Waals surface area contributed by atoms with Gasteiger partial charge in [-0.15, -0.1) is 0 Å². The van der Waals surface area contributed by atoms with E-state index in [-0.39, 0.29) is 29.1 Å². The van der Waals surface area contributed by atoms with Gasteiger partial charge in [-0.3, -0.25) is 13.9 Å². The number of nitrogens with one attached hydrogen (secondary N) is 1. The lowest BCUT2D eigenvalue weighted by molar-refractivity contribution is -0.140. The number of hydrogen-bond donors (Lipinski definition) is 1. The van der Waals surface area contributed by atoms with Crippen molar-refractivity contribution >= 4 is 27.5 Å². The molecule has 1 aliphatic rings. The quantitative estimate of drug-likeness (QED) is 0.306. The Morgan fingerprint density at radius 3 is 2.17 bits per heavy atom. The number of para-hydroxylation sites is 2. The Balaban J connectivity index is 1.73. The van der Waals surface area contributed by atoms with E-state index in [9.17, 15) is 18.0 Å². The Bertz CT molecular complexity index is 1440. The summed E-state index contributed by atoms with van der Waals surface area (Å²) in [6, 6.07) is 21.2. The summed E-state index contributed by atoms with van der Waals surface area (Å²) in [4.78, 5) is 29.3. The van der Waals surface area contributed by atoms with Crippen LogP contribution in [0.5, 0.6) is 11.5 Å². The standard InChI is InChI=1S/C32H39N3O6S/c1-4-28(32(37)33-25-12-8-9-13-25)34(22-24-18-20-26(40-2)21-19-24)31(36)23-35(29-16-10-11-17-30(29)41-3)42(38,39)27-14-6-5-7-15-27/h5-7,10-11,14-21,25,28H,4,8-9,12-13,22-23H2,1-3H3,(H,33,37)/t28-/m1/s1. The summed E-state index contributed by atoms with van der Waals surface area (Å²) in [6.45, 7) is 1.44. The van der Waals surface area contributed by atoms with Gasteiger partial charge >= 0.3 is 0 Å². The van der Waals surface area contributed by atoms with Gasteiger partial charge in [-0.2, -0.15) is 0 Å². The average Bonchev–Trinajstić information content (AvgIpc) is 3.53. The highest BCUT2D eigenvalue weighted by molar-refractivity contribution is 7.92. The molecule has 0 aliphatic heterocycles. The van der Waals surface area contributed by atoms with E-state index in [1.165, 1.54) is 24.1 Å². The molecule has 2 amide bonds. The van der Waals surface area contributed by atoms with Crippen molar-refractivity contribution in [3.63, 3.8) is 0 Å². The van der Waals surface area contributed by atoms with E-state index in [1.54, 1.807) is 61.7 Å². The van der Waals surface area contributed by atoms with Crippen LogP contribution in [0.2, 0.25) is 0 Å². The van der Waals surface area contributed by atoms with Crippen LogP contribution in [0.25, 0.3) is 0 Å². The molecule has 1 aliphatic carbocycles. The van der Waals surface area contributed by atoms with Gasteiger partial charge in [0.1, 0.15) is 24.1 Å². The summed E-state index contributed by atoms with van der Waals surface area (Å²) in [5, 5.41) is 3.12. The van der Waals surface area contributed by atoms with E-state index in [2.05, 4.69) is 5.32 Å². The first kappa shape index (κ1) is 30.9. The zero-order valence-corrected chi connectivity index (χ0v) is 25.2. The van der Waals surface area contributed by atoms with Crippen LogP contribution in [0.15, 0.2) is 83.8 Å². The molecule has 0 unspecified atom stereocenters. The van der Waals surface area contributed by atoms with E-state index in [4.69, 9.17) is 9.47 Å². The molecule has 0 heterocycles. The fourth-order valence-electron chi connectivity index (χ4n) is 5.28. The summed E-state index contributed by atoms with van der Waals surface area (Å²) < 4.78 is 39.8. The lowest BCUT2D eigenvalue weighted by Gasteiger charge is -2.34. The predicted molar refractivity (Wildman–Crippen MR) is 162 cm³/mol. The van der Waals surface area contributed by atoms with Crippen molar-refractivity contribution in [2.75, 3.05) is 25.1 Å². The number of methoxy groups -OCH3 is 2. The van der Waals surface area contributed by atoms with Gasteiger partial charge < -0.3 is 19.7 Å².